The van der Waals surface area contributed by atoms with Gasteiger partial charge in [-0.3, -0.25) is 4.79 Å². The molecule has 1 heterocycles. The lowest BCUT2D eigenvalue weighted by Crippen LogP contribution is -2.40. The molecule has 98 valence electrons. The van der Waals surface area contributed by atoms with Crippen LogP contribution in [0.25, 0.3) is 0 Å². The number of likely N-dealkylation sites (tertiary alicyclic amines) is 1. The summed E-state index contributed by atoms with van der Waals surface area (Å²) in [6.45, 7) is 0.985. The van der Waals surface area contributed by atoms with Gasteiger partial charge >= 0.3 is 0 Å². The van der Waals surface area contributed by atoms with Gasteiger partial charge in [-0.15, -0.1) is 0 Å². The Morgan fingerprint density at radius 2 is 2.11 bits per heavy atom. The van der Waals surface area contributed by atoms with Crippen molar-refractivity contribution in [1.82, 2.24) is 4.90 Å². The molecule has 18 heavy (non-hydrogen) atoms. The van der Waals surface area contributed by atoms with Crippen molar-refractivity contribution in [3.8, 4) is 0 Å². The van der Waals surface area contributed by atoms with Crippen molar-refractivity contribution >= 4 is 21.8 Å². The van der Waals surface area contributed by atoms with E-state index in [1.165, 1.54) is 0 Å². The summed E-state index contributed by atoms with van der Waals surface area (Å²) in [5.74, 6) is -2.31. The fraction of sp³-hybridized carbons (Fsp3) is 0.417. The second-order valence-electron chi connectivity index (χ2n) is 4.28. The number of carbonyl (C=O) groups excluding carboxylic acids is 1. The molecule has 1 aliphatic heterocycles. The van der Waals surface area contributed by atoms with Gasteiger partial charge in [0, 0.05) is 23.6 Å². The van der Waals surface area contributed by atoms with Crippen LogP contribution in [0.4, 0.5) is 8.78 Å². The lowest BCUT2D eigenvalue weighted by Gasteiger charge is -2.24. The summed E-state index contributed by atoms with van der Waals surface area (Å²) in [7, 11) is 0. The molecule has 6 heteroatoms. The zero-order valence-corrected chi connectivity index (χ0v) is 11.2. The molecule has 1 atom stereocenters. The van der Waals surface area contributed by atoms with E-state index in [4.69, 9.17) is 5.73 Å². The lowest BCUT2D eigenvalue weighted by molar-refractivity contribution is 0.0739. The van der Waals surface area contributed by atoms with E-state index in [-0.39, 0.29) is 22.0 Å². The Labute approximate surface area is 112 Å². The number of halogens is 3. The van der Waals surface area contributed by atoms with Gasteiger partial charge in [-0.05, 0) is 40.9 Å². The Morgan fingerprint density at radius 3 is 2.78 bits per heavy atom. The molecule has 2 N–H and O–H groups in total. The van der Waals surface area contributed by atoms with Crippen LogP contribution in [0.1, 0.15) is 23.2 Å². The lowest BCUT2D eigenvalue weighted by atomic mass is 10.1. The maximum atomic E-state index is 13.2. The molecule has 1 saturated heterocycles. The first-order chi connectivity index (χ1) is 8.54. The van der Waals surface area contributed by atoms with Crippen LogP contribution in [-0.4, -0.2) is 29.9 Å². The van der Waals surface area contributed by atoms with Crippen molar-refractivity contribution in [2.75, 3.05) is 13.1 Å². The molecule has 0 aliphatic carbocycles. The van der Waals surface area contributed by atoms with Crippen LogP contribution in [0.5, 0.6) is 0 Å². The van der Waals surface area contributed by atoms with Gasteiger partial charge in [-0.2, -0.15) is 0 Å². The minimum Gasteiger partial charge on any atom is -0.334 e. The summed E-state index contributed by atoms with van der Waals surface area (Å²) in [6, 6.07) is 1.88. The molecule has 1 aromatic carbocycles. The number of benzene rings is 1. The quantitative estimate of drug-likeness (QED) is 0.850. The highest BCUT2D eigenvalue weighted by Crippen LogP contribution is 2.25. The average Bonchev–Trinajstić information content (AvgIpc) is 2.81. The number of nitrogens with zero attached hydrogens (tertiary/aromatic N) is 1. The first-order valence-corrected chi connectivity index (χ1v) is 6.49. The summed E-state index contributed by atoms with van der Waals surface area (Å²) in [6.07, 6.45) is 1.73. The minimum absolute atomic E-state index is 0.0162. The molecule has 3 nitrogen and oxygen atoms in total. The summed E-state index contributed by atoms with van der Waals surface area (Å²) >= 11 is 3.09. The Kier molecular flexibility index (Phi) is 3.97. The highest BCUT2D eigenvalue weighted by Gasteiger charge is 2.29. The van der Waals surface area contributed by atoms with E-state index in [2.05, 4.69) is 15.9 Å². The van der Waals surface area contributed by atoms with E-state index >= 15 is 0 Å². The number of nitrogens with two attached hydrogens (primary N) is 1. The van der Waals surface area contributed by atoms with Crippen molar-refractivity contribution < 1.29 is 13.6 Å². The normalized spacial score (nSPS) is 19.3. The van der Waals surface area contributed by atoms with Gasteiger partial charge in [0.1, 0.15) is 0 Å². The fourth-order valence-electron chi connectivity index (χ4n) is 2.19. The van der Waals surface area contributed by atoms with Crippen LogP contribution in [0, 0.1) is 11.6 Å². The molecule has 0 spiro atoms. The second-order valence-corrected chi connectivity index (χ2v) is 5.13. The number of hydrogen-bond acceptors (Lipinski definition) is 2. The molecule has 1 fully saturated rings. The summed E-state index contributed by atoms with van der Waals surface area (Å²) in [4.78, 5) is 13.9. The molecule has 0 aromatic heterocycles. The molecule has 1 unspecified atom stereocenters. The molecular formula is C12H13BrF2N2O. The Morgan fingerprint density at radius 1 is 1.44 bits per heavy atom. The third-order valence-electron chi connectivity index (χ3n) is 3.15. The van der Waals surface area contributed by atoms with Crippen LogP contribution in [-0.2, 0) is 0 Å². The monoisotopic (exact) mass is 318 g/mol. The van der Waals surface area contributed by atoms with Crippen LogP contribution >= 0.6 is 15.9 Å². The largest absolute Gasteiger partial charge is 0.334 e. The van der Waals surface area contributed by atoms with E-state index in [9.17, 15) is 13.6 Å². The van der Waals surface area contributed by atoms with Crippen molar-refractivity contribution in [3.05, 3.63) is 33.8 Å². The van der Waals surface area contributed by atoms with Crippen LogP contribution < -0.4 is 5.73 Å². The number of hydrogen-bond donors (Lipinski definition) is 1. The van der Waals surface area contributed by atoms with Gasteiger partial charge < -0.3 is 10.6 Å². The average molecular weight is 319 g/mol. The topological polar surface area (TPSA) is 46.3 Å². The van der Waals surface area contributed by atoms with Crippen molar-refractivity contribution in [2.24, 2.45) is 5.73 Å². The molecule has 2 rings (SSSR count). The van der Waals surface area contributed by atoms with Gasteiger partial charge in [-0.25, -0.2) is 8.78 Å². The van der Waals surface area contributed by atoms with E-state index in [1.54, 1.807) is 4.90 Å². The van der Waals surface area contributed by atoms with Crippen molar-refractivity contribution in [1.29, 1.82) is 0 Å². The van der Waals surface area contributed by atoms with Gasteiger partial charge in [0.15, 0.2) is 11.6 Å². The number of amides is 1. The molecule has 1 amide bonds. The van der Waals surface area contributed by atoms with E-state index in [1.807, 2.05) is 0 Å². The van der Waals surface area contributed by atoms with Crippen LogP contribution in [0.15, 0.2) is 16.6 Å². The highest BCUT2D eigenvalue weighted by atomic mass is 79.9. The van der Waals surface area contributed by atoms with Crippen LogP contribution in [0.2, 0.25) is 0 Å². The predicted octanol–water partition coefficient (Wildman–Crippen LogP) is 2.29. The SMILES string of the molecule is NCC1CCCN1C(=O)c1cc(F)c(F)cc1Br. The zero-order valence-electron chi connectivity index (χ0n) is 9.63. The predicted molar refractivity (Wildman–Crippen MR) is 67.2 cm³/mol. The molecule has 1 aromatic rings. The molecule has 0 bridgehead atoms. The summed E-state index contributed by atoms with van der Waals surface area (Å²) < 4.78 is 26.4. The minimum atomic E-state index is -1.02. The molecule has 1 aliphatic rings. The van der Waals surface area contributed by atoms with Crippen molar-refractivity contribution in [3.63, 3.8) is 0 Å². The van der Waals surface area contributed by atoms with Gasteiger partial charge in [0.05, 0.1) is 5.56 Å². The third-order valence-corrected chi connectivity index (χ3v) is 3.81. The fourth-order valence-corrected chi connectivity index (χ4v) is 2.67. The van der Waals surface area contributed by atoms with E-state index < -0.39 is 11.6 Å². The first kappa shape index (κ1) is 13.4. The number of carbonyl (C=O) groups is 1. The number of rotatable bonds is 2. The van der Waals surface area contributed by atoms with Crippen LogP contribution in [0.3, 0.4) is 0 Å². The smallest absolute Gasteiger partial charge is 0.255 e. The maximum Gasteiger partial charge on any atom is 0.255 e. The Balaban J connectivity index is 2.31. The van der Waals surface area contributed by atoms with Crippen molar-refractivity contribution in [2.45, 2.75) is 18.9 Å². The standard InChI is InChI=1S/C12H13BrF2N2O/c13-9-5-11(15)10(14)4-8(9)12(18)17-3-1-2-7(17)6-16/h4-5,7H,1-3,6,16H2. The van der Waals surface area contributed by atoms with Gasteiger partial charge in [0.2, 0.25) is 0 Å². The Hall–Kier alpha value is -1.01. The molecule has 0 saturated carbocycles. The first-order valence-electron chi connectivity index (χ1n) is 5.70. The maximum absolute atomic E-state index is 13.2. The summed E-state index contributed by atoms with van der Waals surface area (Å²) in [5.41, 5.74) is 5.73. The zero-order chi connectivity index (χ0) is 13.3. The Bertz CT molecular complexity index is 481. The van der Waals surface area contributed by atoms with Gasteiger partial charge in [0.25, 0.3) is 5.91 Å². The van der Waals surface area contributed by atoms with Gasteiger partial charge in [-0.1, -0.05) is 0 Å². The molecular weight excluding hydrogens is 306 g/mol. The summed E-state index contributed by atoms with van der Waals surface area (Å²) in [5, 5.41) is 0. The second kappa shape index (κ2) is 5.32. The highest BCUT2D eigenvalue weighted by molar-refractivity contribution is 9.10. The third kappa shape index (κ3) is 2.40. The van der Waals surface area contributed by atoms with E-state index in [0.29, 0.717) is 13.1 Å². The molecule has 0 radical (unpaired) electrons. The van der Waals surface area contributed by atoms with E-state index in [0.717, 1.165) is 25.0 Å².